The molecule has 2 aliphatic rings. The second kappa shape index (κ2) is 6.97. The van der Waals surface area contributed by atoms with E-state index >= 15 is 0 Å². The van der Waals surface area contributed by atoms with Crippen LogP contribution in [0.4, 0.5) is 4.79 Å². The molecule has 1 fully saturated rings. The average molecular weight is 379 g/mol. The van der Waals surface area contributed by atoms with Gasteiger partial charge in [-0.15, -0.1) is 0 Å². The third-order valence-corrected chi connectivity index (χ3v) is 6.26. The second-order valence-electron chi connectivity index (χ2n) is 8.25. The molecule has 1 saturated carbocycles. The predicted octanol–water partition coefficient (Wildman–Crippen LogP) is 4.41. The Bertz CT molecular complexity index is 869. The topological polar surface area (TPSA) is 75.6 Å². The summed E-state index contributed by atoms with van der Waals surface area (Å²) in [5, 5.41) is 12.2. The molecule has 0 aliphatic heterocycles. The molecule has 0 heterocycles. The van der Waals surface area contributed by atoms with Crippen LogP contribution < -0.4 is 5.32 Å². The van der Waals surface area contributed by atoms with E-state index in [0.29, 0.717) is 24.7 Å². The molecule has 0 atom stereocenters. The number of carbonyl (C=O) groups is 2. The number of fused-ring (bicyclic) bond motifs is 3. The van der Waals surface area contributed by atoms with Crippen LogP contribution >= 0.6 is 0 Å². The average Bonchev–Trinajstić information content (AvgIpc) is 2.96. The third kappa shape index (κ3) is 3.05. The molecule has 0 spiro atoms. The molecule has 4 rings (SSSR count). The van der Waals surface area contributed by atoms with Gasteiger partial charge in [0.25, 0.3) is 0 Å². The van der Waals surface area contributed by atoms with Crippen LogP contribution in [0.2, 0.25) is 0 Å². The van der Waals surface area contributed by atoms with E-state index in [9.17, 15) is 14.7 Å². The highest BCUT2D eigenvalue weighted by Gasteiger charge is 2.52. The van der Waals surface area contributed by atoms with E-state index in [4.69, 9.17) is 4.74 Å². The van der Waals surface area contributed by atoms with Crippen LogP contribution in [0.3, 0.4) is 0 Å². The van der Waals surface area contributed by atoms with Crippen LogP contribution in [0.1, 0.15) is 43.7 Å². The van der Waals surface area contributed by atoms with Crippen molar-refractivity contribution in [1.82, 2.24) is 5.32 Å². The number of carbonyl (C=O) groups excluding carboxylic acids is 1. The highest BCUT2D eigenvalue weighted by Crippen LogP contribution is 2.45. The lowest BCUT2D eigenvalue weighted by Crippen LogP contribution is -2.63. The highest BCUT2D eigenvalue weighted by molar-refractivity contribution is 5.85. The number of amides is 1. The fraction of sp³-hybridized carbons (Fsp3) is 0.391. The molecule has 146 valence electrons. The van der Waals surface area contributed by atoms with Crippen LogP contribution in [0.25, 0.3) is 11.1 Å². The molecule has 0 unspecified atom stereocenters. The van der Waals surface area contributed by atoms with Gasteiger partial charge in [0, 0.05) is 5.92 Å². The van der Waals surface area contributed by atoms with Gasteiger partial charge < -0.3 is 15.2 Å². The largest absolute Gasteiger partial charge is 0.480 e. The minimum atomic E-state index is -1.20. The molecule has 5 heteroatoms. The second-order valence-corrected chi connectivity index (χ2v) is 8.25. The first-order valence-corrected chi connectivity index (χ1v) is 9.78. The van der Waals surface area contributed by atoms with E-state index in [1.54, 1.807) is 0 Å². The molecule has 28 heavy (non-hydrogen) atoms. The van der Waals surface area contributed by atoms with Gasteiger partial charge in [-0.1, -0.05) is 62.4 Å². The van der Waals surface area contributed by atoms with Crippen LogP contribution in [-0.4, -0.2) is 29.3 Å². The van der Waals surface area contributed by atoms with Crippen molar-refractivity contribution < 1.29 is 19.4 Å². The summed E-state index contributed by atoms with van der Waals surface area (Å²) in [7, 11) is 0. The summed E-state index contributed by atoms with van der Waals surface area (Å²) < 4.78 is 5.50. The van der Waals surface area contributed by atoms with Gasteiger partial charge in [0.1, 0.15) is 12.1 Å². The fourth-order valence-corrected chi connectivity index (χ4v) is 4.47. The number of benzene rings is 2. The Hall–Kier alpha value is -2.82. The lowest BCUT2D eigenvalue weighted by Gasteiger charge is -2.46. The summed E-state index contributed by atoms with van der Waals surface area (Å²) in [6.45, 7) is 4.33. The van der Waals surface area contributed by atoms with Crippen molar-refractivity contribution in [2.24, 2.45) is 11.8 Å². The highest BCUT2D eigenvalue weighted by atomic mass is 16.5. The number of carboxylic acids is 1. The molecule has 2 aromatic carbocycles. The Morgan fingerprint density at radius 1 is 1.07 bits per heavy atom. The minimum absolute atomic E-state index is 0.0382. The fourth-order valence-electron chi connectivity index (χ4n) is 4.47. The van der Waals surface area contributed by atoms with Crippen LogP contribution in [-0.2, 0) is 9.53 Å². The summed E-state index contributed by atoms with van der Waals surface area (Å²) in [6, 6.07) is 16.2. The van der Waals surface area contributed by atoms with Gasteiger partial charge in [-0.25, -0.2) is 9.59 Å². The summed E-state index contributed by atoms with van der Waals surface area (Å²) >= 11 is 0. The Labute approximate surface area is 164 Å². The molecular weight excluding hydrogens is 354 g/mol. The van der Waals surface area contributed by atoms with Crippen molar-refractivity contribution in [3.63, 3.8) is 0 Å². The lowest BCUT2D eigenvalue weighted by atomic mass is 9.64. The number of nitrogens with one attached hydrogen (secondary N) is 1. The molecule has 0 saturated heterocycles. The van der Waals surface area contributed by atoms with Crippen molar-refractivity contribution in [3.8, 4) is 11.1 Å². The van der Waals surface area contributed by atoms with Crippen molar-refractivity contribution in [1.29, 1.82) is 0 Å². The zero-order chi connectivity index (χ0) is 19.9. The summed E-state index contributed by atoms with van der Waals surface area (Å²) in [5.74, 6) is -0.316. The number of ether oxygens (including phenoxy) is 1. The first kappa shape index (κ1) is 18.5. The molecule has 0 aromatic heterocycles. The molecule has 2 aromatic rings. The van der Waals surface area contributed by atoms with Gasteiger partial charge in [0.05, 0.1) is 0 Å². The Kier molecular flexibility index (Phi) is 4.61. The maximum Gasteiger partial charge on any atom is 0.408 e. The van der Waals surface area contributed by atoms with Gasteiger partial charge in [-0.2, -0.15) is 0 Å². The van der Waals surface area contributed by atoms with E-state index in [0.717, 1.165) is 22.3 Å². The standard InChI is InChI=1S/C23H25NO4/c1-14(2)15-11-23(12-15,21(25)26)24-22(27)28-13-20-18-9-5-3-7-16(18)17-8-4-6-10-19(17)20/h3-10,14-15,20H,11-13H2,1-2H3,(H,24,27)(H,25,26). The lowest BCUT2D eigenvalue weighted by molar-refractivity contribution is -0.152. The number of hydrogen-bond donors (Lipinski definition) is 2. The molecule has 0 radical (unpaired) electrons. The van der Waals surface area contributed by atoms with E-state index in [1.807, 2.05) is 24.3 Å². The van der Waals surface area contributed by atoms with Crippen LogP contribution in [0.15, 0.2) is 48.5 Å². The van der Waals surface area contributed by atoms with E-state index in [-0.39, 0.29) is 12.5 Å². The first-order chi connectivity index (χ1) is 13.4. The van der Waals surface area contributed by atoms with Crippen molar-refractivity contribution in [2.45, 2.75) is 38.1 Å². The Morgan fingerprint density at radius 2 is 1.61 bits per heavy atom. The normalized spacial score (nSPS) is 22.9. The van der Waals surface area contributed by atoms with Crippen LogP contribution in [0.5, 0.6) is 0 Å². The van der Waals surface area contributed by atoms with Crippen molar-refractivity contribution in [3.05, 3.63) is 59.7 Å². The zero-order valence-corrected chi connectivity index (χ0v) is 16.1. The number of alkyl carbamates (subject to hydrolysis) is 1. The number of rotatable bonds is 5. The first-order valence-electron chi connectivity index (χ1n) is 9.78. The monoisotopic (exact) mass is 379 g/mol. The van der Waals surface area contributed by atoms with E-state index < -0.39 is 17.6 Å². The molecule has 2 aliphatic carbocycles. The molecule has 2 N–H and O–H groups in total. The van der Waals surface area contributed by atoms with Gasteiger partial charge in [-0.05, 0) is 46.9 Å². The summed E-state index contributed by atoms with van der Waals surface area (Å²) in [6.07, 6.45) is 0.237. The van der Waals surface area contributed by atoms with E-state index in [2.05, 4.69) is 43.4 Å². The summed E-state index contributed by atoms with van der Waals surface area (Å²) in [5.41, 5.74) is 3.39. The molecule has 0 bridgehead atoms. The van der Waals surface area contributed by atoms with Gasteiger partial charge >= 0.3 is 12.1 Å². The SMILES string of the molecule is CC(C)C1CC(NC(=O)OCC2c3ccccc3-c3ccccc32)(C(=O)O)C1. The maximum absolute atomic E-state index is 12.4. The quantitative estimate of drug-likeness (QED) is 0.807. The predicted molar refractivity (Wildman–Crippen MR) is 106 cm³/mol. The van der Waals surface area contributed by atoms with Crippen molar-refractivity contribution >= 4 is 12.1 Å². The smallest absolute Gasteiger partial charge is 0.408 e. The van der Waals surface area contributed by atoms with E-state index in [1.165, 1.54) is 0 Å². The summed E-state index contributed by atoms with van der Waals surface area (Å²) in [4.78, 5) is 24.1. The number of hydrogen-bond acceptors (Lipinski definition) is 3. The van der Waals surface area contributed by atoms with Crippen LogP contribution in [0, 0.1) is 11.8 Å². The Morgan fingerprint density at radius 3 is 2.11 bits per heavy atom. The Balaban J connectivity index is 1.45. The minimum Gasteiger partial charge on any atom is -0.480 e. The maximum atomic E-state index is 12.4. The molecule has 5 nitrogen and oxygen atoms in total. The van der Waals surface area contributed by atoms with Gasteiger partial charge in [0.15, 0.2) is 0 Å². The molecule has 1 amide bonds. The number of carboxylic acid groups (broad SMARTS) is 1. The third-order valence-electron chi connectivity index (χ3n) is 6.26. The van der Waals surface area contributed by atoms with Gasteiger partial charge in [-0.3, -0.25) is 0 Å². The van der Waals surface area contributed by atoms with Gasteiger partial charge in [0.2, 0.25) is 0 Å². The zero-order valence-electron chi connectivity index (χ0n) is 16.1. The van der Waals surface area contributed by atoms with Crippen molar-refractivity contribution in [2.75, 3.05) is 6.61 Å². The number of aliphatic carboxylic acids is 1. The molecular formula is C23H25NO4.